The first kappa shape index (κ1) is 13.5. The lowest BCUT2D eigenvalue weighted by Crippen LogP contribution is -2.06. The van der Waals surface area contributed by atoms with Gasteiger partial charge in [0.05, 0.1) is 11.9 Å². The molecule has 3 nitrogen and oxygen atoms in total. The van der Waals surface area contributed by atoms with Crippen LogP contribution < -0.4 is 5.32 Å². The quantitative estimate of drug-likeness (QED) is 0.794. The molecule has 3 rings (SSSR count). The maximum atomic E-state index is 13.6. The zero-order valence-corrected chi connectivity index (χ0v) is 11.8. The minimum absolute atomic E-state index is 0.239. The Balaban J connectivity index is 2.02. The van der Waals surface area contributed by atoms with Crippen LogP contribution in [0.5, 0.6) is 0 Å². The summed E-state index contributed by atoms with van der Waals surface area (Å²) in [5.41, 5.74) is 3.80. The van der Waals surface area contributed by atoms with Gasteiger partial charge in [0.15, 0.2) is 0 Å². The van der Waals surface area contributed by atoms with Gasteiger partial charge in [-0.1, -0.05) is 24.3 Å². The summed E-state index contributed by atoms with van der Waals surface area (Å²) in [6.07, 6.45) is 3.68. The summed E-state index contributed by atoms with van der Waals surface area (Å²) in [5.74, 6) is -0.239. The summed E-state index contributed by atoms with van der Waals surface area (Å²) >= 11 is 0. The Morgan fingerprint density at radius 3 is 2.71 bits per heavy atom. The molecule has 4 heteroatoms. The van der Waals surface area contributed by atoms with E-state index in [9.17, 15) is 4.39 Å². The fraction of sp³-hybridized carbons (Fsp3) is 0.118. The van der Waals surface area contributed by atoms with Crippen molar-refractivity contribution in [2.75, 3.05) is 7.05 Å². The maximum absolute atomic E-state index is 13.6. The lowest BCUT2D eigenvalue weighted by atomic mass is 10.0. The Bertz CT molecular complexity index is 735. The highest BCUT2D eigenvalue weighted by Crippen LogP contribution is 2.25. The first-order chi connectivity index (χ1) is 10.3. The highest BCUT2D eigenvalue weighted by molar-refractivity contribution is 5.66. The zero-order valence-electron chi connectivity index (χ0n) is 11.8. The van der Waals surface area contributed by atoms with Crippen LogP contribution in [0.4, 0.5) is 4.39 Å². The van der Waals surface area contributed by atoms with Crippen molar-refractivity contribution in [2.24, 2.45) is 0 Å². The molecule has 0 bridgehead atoms. The third-order valence-corrected chi connectivity index (χ3v) is 3.35. The zero-order chi connectivity index (χ0) is 14.7. The molecule has 0 saturated heterocycles. The van der Waals surface area contributed by atoms with Crippen LogP contribution in [0.1, 0.15) is 5.56 Å². The van der Waals surface area contributed by atoms with Gasteiger partial charge in [-0.3, -0.25) is 0 Å². The molecule has 1 heterocycles. The number of nitrogens with one attached hydrogen (secondary N) is 1. The molecule has 0 radical (unpaired) electrons. The van der Waals surface area contributed by atoms with Crippen LogP contribution in [0.2, 0.25) is 0 Å². The summed E-state index contributed by atoms with van der Waals surface area (Å²) in [7, 11) is 1.88. The molecule has 0 amide bonds. The van der Waals surface area contributed by atoms with E-state index in [4.69, 9.17) is 0 Å². The number of rotatable bonds is 4. The molecule has 0 aliphatic carbocycles. The first-order valence-electron chi connectivity index (χ1n) is 6.81. The van der Waals surface area contributed by atoms with Crippen molar-refractivity contribution < 1.29 is 4.39 Å². The molecular weight excluding hydrogens is 265 g/mol. The van der Waals surface area contributed by atoms with Crippen molar-refractivity contribution in [3.63, 3.8) is 0 Å². The highest BCUT2D eigenvalue weighted by atomic mass is 19.1. The summed E-state index contributed by atoms with van der Waals surface area (Å²) in [4.78, 5) is 0. The molecule has 3 aromatic rings. The van der Waals surface area contributed by atoms with Crippen LogP contribution in [0.25, 0.3) is 16.8 Å². The number of benzene rings is 2. The van der Waals surface area contributed by atoms with Crippen molar-refractivity contribution in [3.8, 4) is 16.8 Å². The lowest BCUT2D eigenvalue weighted by molar-refractivity contribution is 0.627. The minimum Gasteiger partial charge on any atom is -0.316 e. The van der Waals surface area contributed by atoms with Gasteiger partial charge in [-0.25, -0.2) is 9.07 Å². The molecule has 1 N–H and O–H groups in total. The van der Waals surface area contributed by atoms with Gasteiger partial charge in [0.25, 0.3) is 0 Å². The Morgan fingerprint density at radius 1 is 1.14 bits per heavy atom. The molecule has 0 aliphatic rings. The van der Waals surface area contributed by atoms with Gasteiger partial charge >= 0.3 is 0 Å². The Labute approximate surface area is 123 Å². The van der Waals surface area contributed by atoms with Crippen LogP contribution >= 0.6 is 0 Å². The van der Waals surface area contributed by atoms with E-state index in [1.54, 1.807) is 23.0 Å². The number of aromatic nitrogens is 2. The van der Waals surface area contributed by atoms with E-state index in [0.717, 1.165) is 22.4 Å². The molecule has 0 saturated carbocycles. The summed E-state index contributed by atoms with van der Waals surface area (Å²) in [6, 6.07) is 14.7. The largest absolute Gasteiger partial charge is 0.316 e. The summed E-state index contributed by atoms with van der Waals surface area (Å²) in [6.45, 7) is 0.687. The number of nitrogens with zero attached hydrogens (tertiary/aromatic N) is 2. The molecule has 0 spiro atoms. The second-order valence-corrected chi connectivity index (χ2v) is 4.84. The molecule has 2 aromatic carbocycles. The van der Waals surface area contributed by atoms with E-state index in [-0.39, 0.29) is 5.82 Å². The van der Waals surface area contributed by atoms with E-state index in [0.29, 0.717) is 6.54 Å². The summed E-state index contributed by atoms with van der Waals surface area (Å²) in [5, 5.41) is 7.47. The van der Waals surface area contributed by atoms with Gasteiger partial charge < -0.3 is 5.32 Å². The standard InChI is InChI=1S/C17H16FN3/c1-19-10-13-7-8-15(18)9-17(13)14-11-20-21(12-14)16-5-3-2-4-6-16/h2-9,11-12,19H,10H2,1H3. The SMILES string of the molecule is CNCc1ccc(F)cc1-c1cnn(-c2ccccc2)c1. The van der Waals surface area contributed by atoms with Crippen LogP contribution in [0.15, 0.2) is 60.9 Å². The van der Waals surface area contributed by atoms with Gasteiger partial charge in [0.1, 0.15) is 5.82 Å². The van der Waals surface area contributed by atoms with Crippen molar-refractivity contribution in [1.29, 1.82) is 0 Å². The second-order valence-electron chi connectivity index (χ2n) is 4.84. The number of para-hydroxylation sites is 1. The smallest absolute Gasteiger partial charge is 0.123 e. The van der Waals surface area contributed by atoms with Gasteiger partial charge in [0.2, 0.25) is 0 Å². The monoisotopic (exact) mass is 281 g/mol. The van der Waals surface area contributed by atoms with E-state index >= 15 is 0 Å². The van der Waals surface area contributed by atoms with E-state index in [1.807, 2.05) is 43.6 Å². The molecular formula is C17H16FN3. The van der Waals surface area contributed by atoms with E-state index in [1.165, 1.54) is 6.07 Å². The van der Waals surface area contributed by atoms with Gasteiger partial charge in [-0.2, -0.15) is 5.10 Å². The number of hydrogen-bond acceptors (Lipinski definition) is 2. The van der Waals surface area contributed by atoms with Crippen molar-refractivity contribution in [1.82, 2.24) is 15.1 Å². The Morgan fingerprint density at radius 2 is 1.95 bits per heavy atom. The predicted octanol–water partition coefficient (Wildman–Crippen LogP) is 3.40. The van der Waals surface area contributed by atoms with Gasteiger partial charge in [-0.15, -0.1) is 0 Å². The minimum atomic E-state index is -0.239. The molecule has 0 unspecified atom stereocenters. The van der Waals surface area contributed by atoms with E-state index < -0.39 is 0 Å². The average Bonchev–Trinajstić information content (AvgIpc) is 3.00. The van der Waals surface area contributed by atoms with Crippen LogP contribution in [-0.4, -0.2) is 16.8 Å². The number of hydrogen-bond donors (Lipinski definition) is 1. The third-order valence-electron chi connectivity index (χ3n) is 3.35. The first-order valence-corrected chi connectivity index (χ1v) is 6.81. The third kappa shape index (κ3) is 2.85. The lowest BCUT2D eigenvalue weighted by Gasteiger charge is -2.07. The topological polar surface area (TPSA) is 29.9 Å². The fourth-order valence-corrected chi connectivity index (χ4v) is 2.35. The molecule has 1 aromatic heterocycles. The molecule has 106 valence electrons. The molecule has 0 fully saturated rings. The average molecular weight is 281 g/mol. The van der Waals surface area contributed by atoms with Crippen molar-refractivity contribution in [2.45, 2.75) is 6.54 Å². The van der Waals surface area contributed by atoms with Crippen LogP contribution in [-0.2, 0) is 6.54 Å². The second kappa shape index (κ2) is 5.89. The van der Waals surface area contributed by atoms with Gasteiger partial charge in [-0.05, 0) is 42.4 Å². The highest BCUT2D eigenvalue weighted by Gasteiger charge is 2.09. The Kier molecular flexibility index (Phi) is 3.79. The van der Waals surface area contributed by atoms with Crippen LogP contribution in [0.3, 0.4) is 0 Å². The van der Waals surface area contributed by atoms with Crippen molar-refractivity contribution in [3.05, 3.63) is 72.3 Å². The molecule has 0 atom stereocenters. The molecule has 21 heavy (non-hydrogen) atoms. The molecule has 0 aliphatic heterocycles. The number of halogens is 1. The van der Waals surface area contributed by atoms with Crippen molar-refractivity contribution >= 4 is 0 Å². The van der Waals surface area contributed by atoms with Crippen LogP contribution in [0, 0.1) is 5.82 Å². The van der Waals surface area contributed by atoms with E-state index in [2.05, 4.69) is 10.4 Å². The Hall–Kier alpha value is -2.46. The maximum Gasteiger partial charge on any atom is 0.123 e. The predicted molar refractivity (Wildman–Crippen MR) is 81.7 cm³/mol. The normalized spacial score (nSPS) is 10.8. The summed E-state index contributed by atoms with van der Waals surface area (Å²) < 4.78 is 15.4. The van der Waals surface area contributed by atoms with Gasteiger partial charge in [0, 0.05) is 18.3 Å². The fourth-order valence-electron chi connectivity index (χ4n) is 2.35.